The number of hydrogen-bond donors (Lipinski definition) is 0. The number of amides is 2. The highest BCUT2D eigenvalue weighted by molar-refractivity contribution is 8.18. The minimum absolute atomic E-state index is 0.236. The summed E-state index contributed by atoms with van der Waals surface area (Å²) in [5.41, 5.74) is 3.25. The summed E-state index contributed by atoms with van der Waals surface area (Å²) in [5.74, 6) is 0.266. The maximum absolute atomic E-state index is 12.9. The van der Waals surface area contributed by atoms with Crippen molar-refractivity contribution < 1.29 is 23.9 Å². The second-order valence-corrected chi connectivity index (χ2v) is 9.54. The van der Waals surface area contributed by atoms with E-state index < -0.39 is 11.1 Å². The first-order valence-corrected chi connectivity index (χ1v) is 12.5. The van der Waals surface area contributed by atoms with E-state index in [4.69, 9.17) is 21.1 Å². The number of hydrogen-bond acceptors (Lipinski definition) is 6. The van der Waals surface area contributed by atoms with E-state index in [0.29, 0.717) is 40.9 Å². The molecule has 0 aliphatic carbocycles. The van der Waals surface area contributed by atoms with Crippen LogP contribution in [0.25, 0.3) is 6.08 Å². The molecule has 36 heavy (non-hydrogen) atoms. The van der Waals surface area contributed by atoms with Gasteiger partial charge in [-0.1, -0.05) is 47.5 Å². The largest absolute Gasteiger partial charge is 0.490 e. The predicted molar refractivity (Wildman–Crippen MR) is 142 cm³/mol. The van der Waals surface area contributed by atoms with Crippen molar-refractivity contribution in [1.29, 1.82) is 0 Å². The van der Waals surface area contributed by atoms with Crippen LogP contribution in [0, 0.1) is 6.92 Å². The van der Waals surface area contributed by atoms with E-state index in [-0.39, 0.29) is 17.2 Å². The lowest BCUT2D eigenvalue weighted by Gasteiger charge is -2.13. The molecule has 184 valence electrons. The molecule has 1 saturated heterocycles. The molecular weight excluding hydrogens is 498 g/mol. The van der Waals surface area contributed by atoms with Gasteiger partial charge < -0.3 is 9.47 Å². The molecule has 2 amide bonds. The van der Waals surface area contributed by atoms with E-state index in [1.807, 2.05) is 32.0 Å². The Hall–Kier alpha value is -3.55. The molecule has 0 aromatic heterocycles. The maximum atomic E-state index is 12.9. The van der Waals surface area contributed by atoms with Crippen LogP contribution >= 0.6 is 23.4 Å². The van der Waals surface area contributed by atoms with Gasteiger partial charge in [-0.3, -0.25) is 19.3 Å². The van der Waals surface area contributed by atoms with Crippen LogP contribution in [-0.4, -0.2) is 35.0 Å². The van der Waals surface area contributed by atoms with E-state index in [1.165, 1.54) is 0 Å². The Morgan fingerprint density at radius 3 is 2.50 bits per heavy atom. The van der Waals surface area contributed by atoms with E-state index in [2.05, 4.69) is 6.07 Å². The van der Waals surface area contributed by atoms with Crippen molar-refractivity contribution in [2.75, 3.05) is 13.2 Å². The second kappa shape index (κ2) is 11.5. The fourth-order valence-electron chi connectivity index (χ4n) is 3.62. The van der Waals surface area contributed by atoms with Gasteiger partial charge in [-0.15, -0.1) is 0 Å². The van der Waals surface area contributed by atoms with Gasteiger partial charge in [0.1, 0.15) is 6.61 Å². The molecule has 0 spiro atoms. The quantitative estimate of drug-likeness (QED) is 0.235. The normalized spacial score (nSPS) is 14.4. The molecule has 3 aromatic carbocycles. The number of ketones is 1. The summed E-state index contributed by atoms with van der Waals surface area (Å²) in [6.45, 7) is 4.40. The molecule has 1 aliphatic rings. The van der Waals surface area contributed by atoms with Crippen LogP contribution in [-0.2, 0) is 11.4 Å². The molecule has 0 saturated carbocycles. The minimum Gasteiger partial charge on any atom is -0.490 e. The number of Topliss-reactive ketones (excluding diaryl/α,β-unsaturated/α-hetero) is 1. The number of halogens is 1. The van der Waals surface area contributed by atoms with Gasteiger partial charge >= 0.3 is 0 Å². The van der Waals surface area contributed by atoms with Crippen LogP contribution in [0.2, 0.25) is 5.02 Å². The Morgan fingerprint density at radius 2 is 1.78 bits per heavy atom. The molecule has 6 nitrogen and oxygen atoms in total. The van der Waals surface area contributed by atoms with Crippen LogP contribution in [0.1, 0.15) is 34.0 Å². The summed E-state index contributed by atoms with van der Waals surface area (Å²) in [6, 6.07) is 19.7. The summed E-state index contributed by atoms with van der Waals surface area (Å²) in [5, 5.41) is 0.00959. The summed E-state index contributed by atoms with van der Waals surface area (Å²) in [7, 11) is 0. The molecule has 1 aliphatic heterocycles. The molecule has 0 N–H and O–H groups in total. The van der Waals surface area contributed by atoms with Gasteiger partial charge in [0, 0.05) is 10.6 Å². The van der Waals surface area contributed by atoms with Crippen molar-refractivity contribution in [2.45, 2.75) is 20.5 Å². The van der Waals surface area contributed by atoms with Gasteiger partial charge in [0.15, 0.2) is 17.3 Å². The zero-order chi connectivity index (χ0) is 25.7. The lowest BCUT2D eigenvalue weighted by Crippen LogP contribution is -2.33. The Labute approximate surface area is 218 Å². The number of imide groups is 1. The number of benzene rings is 3. The highest BCUT2D eigenvalue weighted by atomic mass is 35.5. The lowest BCUT2D eigenvalue weighted by atomic mass is 10.1. The third-order valence-electron chi connectivity index (χ3n) is 5.38. The molecule has 8 heteroatoms. The topological polar surface area (TPSA) is 72.9 Å². The van der Waals surface area contributed by atoms with E-state index in [9.17, 15) is 14.4 Å². The van der Waals surface area contributed by atoms with E-state index in [0.717, 1.165) is 27.8 Å². The van der Waals surface area contributed by atoms with Crippen LogP contribution in [0.15, 0.2) is 71.6 Å². The zero-order valence-electron chi connectivity index (χ0n) is 19.8. The van der Waals surface area contributed by atoms with Crippen LogP contribution in [0.3, 0.4) is 0 Å². The van der Waals surface area contributed by atoms with Crippen LogP contribution < -0.4 is 9.47 Å². The van der Waals surface area contributed by atoms with Crippen LogP contribution in [0.4, 0.5) is 4.79 Å². The summed E-state index contributed by atoms with van der Waals surface area (Å²) >= 11 is 6.67. The highest BCUT2D eigenvalue weighted by Gasteiger charge is 2.36. The molecule has 4 rings (SSSR count). The van der Waals surface area contributed by atoms with Crippen molar-refractivity contribution in [3.05, 3.63) is 98.9 Å². The highest BCUT2D eigenvalue weighted by Crippen LogP contribution is 2.35. The van der Waals surface area contributed by atoms with E-state index in [1.54, 1.807) is 48.5 Å². The van der Waals surface area contributed by atoms with Gasteiger partial charge in [0.25, 0.3) is 11.1 Å². The standard InChI is InChI=1S/C28H24ClNO5S/c1-3-34-25-14-19(7-12-24(25)35-17-20-6-4-5-18(2)13-20)15-26-27(32)30(28(33)36-26)16-23(31)21-8-10-22(29)11-9-21/h4-15H,3,16-17H2,1-2H3/b26-15-. The monoisotopic (exact) mass is 521 g/mol. The molecule has 0 atom stereocenters. The second-order valence-electron chi connectivity index (χ2n) is 8.11. The van der Waals surface area contributed by atoms with Crippen LogP contribution in [0.5, 0.6) is 11.5 Å². The van der Waals surface area contributed by atoms with Gasteiger partial charge in [-0.25, -0.2) is 0 Å². The van der Waals surface area contributed by atoms with Gasteiger partial charge in [-0.05, 0) is 79.2 Å². The van der Waals surface area contributed by atoms with Crippen molar-refractivity contribution in [3.8, 4) is 11.5 Å². The number of carbonyl (C=O) groups is 3. The Morgan fingerprint density at radius 1 is 1.00 bits per heavy atom. The van der Waals surface area contributed by atoms with Crippen molar-refractivity contribution in [1.82, 2.24) is 4.90 Å². The number of aryl methyl sites for hydroxylation is 1. The average Bonchev–Trinajstić information content (AvgIpc) is 3.11. The number of thioether (sulfide) groups is 1. The van der Waals surface area contributed by atoms with Gasteiger partial charge in [-0.2, -0.15) is 0 Å². The average molecular weight is 522 g/mol. The molecule has 0 radical (unpaired) electrons. The van der Waals surface area contributed by atoms with Gasteiger partial charge in [0.2, 0.25) is 0 Å². The van der Waals surface area contributed by atoms with Gasteiger partial charge in [0.05, 0.1) is 18.1 Å². The molecule has 0 unspecified atom stereocenters. The summed E-state index contributed by atoms with van der Waals surface area (Å²) in [4.78, 5) is 39.1. The van der Waals surface area contributed by atoms with Crippen molar-refractivity contribution in [3.63, 3.8) is 0 Å². The molecule has 0 bridgehead atoms. The third-order valence-corrected chi connectivity index (χ3v) is 6.54. The number of carbonyl (C=O) groups excluding carboxylic acids is 3. The smallest absolute Gasteiger partial charge is 0.293 e. The Kier molecular flexibility index (Phi) is 8.13. The molecule has 1 heterocycles. The zero-order valence-corrected chi connectivity index (χ0v) is 21.4. The first-order valence-electron chi connectivity index (χ1n) is 11.3. The number of ether oxygens (including phenoxy) is 2. The van der Waals surface area contributed by atoms with Crippen molar-refractivity contribution >= 4 is 46.4 Å². The SMILES string of the molecule is CCOc1cc(/C=C2\SC(=O)N(CC(=O)c3ccc(Cl)cc3)C2=O)ccc1OCc1cccc(C)c1. The Balaban J connectivity index is 1.48. The molecule has 1 fully saturated rings. The summed E-state index contributed by atoms with van der Waals surface area (Å²) < 4.78 is 11.7. The fourth-order valence-corrected chi connectivity index (χ4v) is 4.59. The minimum atomic E-state index is -0.509. The van der Waals surface area contributed by atoms with E-state index >= 15 is 0 Å². The van der Waals surface area contributed by atoms with Crippen molar-refractivity contribution in [2.24, 2.45) is 0 Å². The number of rotatable bonds is 9. The molecular formula is C28H24ClNO5S. The maximum Gasteiger partial charge on any atom is 0.293 e. The summed E-state index contributed by atoms with van der Waals surface area (Å²) in [6.07, 6.45) is 1.62. The molecule has 3 aromatic rings. The Bertz CT molecular complexity index is 1340. The predicted octanol–water partition coefficient (Wildman–Crippen LogP) is 6.55. The number of nitrogens with zero attached hydrogens (tertiary/aromatic N) is 1. The first-order chi connectivity index (χ1) is 17.3. The third kappa shape index (κ3) is 6.17. The first kappa shape index (κ1) is 25.5. The lowest BCUT2D eigenvalue weighted by molar-refractivity contribution is -0.122. The fraction of sp³-hybridized carbons (Fsp3) is 0.179.